The van der Waals surface area contributed by atoms with E-state index < -0.39 is 47.1 Å². The van der Waals surface area contributed by atoms with Gasteiger partial charge in [-0.3, -0.25) is 14.3 Å². The van der Waals surface area contributed by atoms with Gasteiger partial charge in [-0.1, -0.05) is 12.1 Å². The zero-order chi connectivity index (χ0) is 21.5. The Labute approximate surface area is 161 Å². The average molecular weight is 411 g/mol. The number of alkyl halides is 3. The van der Waals surface area contributed by atoms with Crippen LogP contribution in [-0.2, 0) is 24.6 Å². The van der Waals surface area contributed by atoms with Crippen molar-refractivity contribution in [3.05, 3.63) is 57.4 Å². The fourth-order valence-corrected chi connectivity index (χ4v) is 2.90. The Balaban J connectivity index is 1.86. The molecule has 0 aliphatic carbocycles. The lowest BCUT2D eigenvalue weighted by Crippen LogP contribution is -2.35. The molecule has 0 saturated heterocycles. The van der Waals surface area contributed by atoms with Gasteiger partial charge in [-0.2, -0.15) is 23.4 Å². The third-order valence-electron chi connectivity index (χ3n) is 4.49. The summed E-state index contributed by atoms with van der Waals surface area (Å²) >= 11 is 0. The van der Waals surface area contributed by atoms with Crippen LogP contribution in [0.5, 0.6) is 0 Å². The molecule has 29 heavy (non-hydrogen) atoms. The van der Waals surface area contributed by atoms with E-state index in [1.807, 2.05) is 0 Å². The highest BCUT2D eigenvalue weighted by atomic mass is 19.4. The highest BCUT2D eigenvalue weighted by Crippen LogP contribution is 2.31. The summed E-state index contributed by atoms with van der Waals surface area (Å²) in [4.78, 5) is 24.8. The minimum Gasteiger partial charge on any atom is -0.348 e. The molecule has 2 heterocycles. The Kier molecular flexibility index (Phi) is 5.16. The zero-order valence-corrected chi connectivity index (χ0v) is 15.7. The van der Waals surface area contributed by atoms with Crippen molar-refractivity contribution in [3.8, 4) is 0 Å². The molecular weight excluding hydrogens is 394 g/mol. The van der Waals surface area contributed by atoms with E-state index in [2.05, 4.69) is 15.5 Å². The lowest BCUT2D eigenvalue weighted by Gasteiger charge is -2.15. The smallest absolute Gasteiger partial charge is 0.348 e. The minimum absolute atomic E-state index is 0.0949. The molecule has 1 atom stereocenters. The molecule has 1 amide bonds. The summed E-state index contributed by atoms with van der Waals surface area (Å²) in [5, 5.41) is 9.02. The fraction of sp³-hybridized carbons (Fsp3) is 0.333. The van der Waals surface area contributed by atoms with Crippen molar-refractivity contribution in [1.82, 2.24) is 24.9 Å². The number of aromatic nitrogens is 4. The largest absolute Gasteiger partial charge is 0.435 e. The molecule has 0 aliphatic heterocycles. The lowest BCUT2D eigenvalue weighted by atomic mass is 10.1. The second kappa shape index (κ2) is 7.30. The van der Waals surface area contributed by atoms with Crippen molar-refractivity contribution < 1.29 is 22.4 Å². The molecule has 0 unspecified atom stereocenters. The van der Waals surface area contributed by atoms with E-state index in [4.69, 9.17) is 0 Å². The van der Waals surface area contributed by atoms with Gasteiger partial charge >= 0.3 is 6.18 Å². The molecule has 0 radical (unpaired) electrons. The van der Waals surface area contributed by atoms with Crippen LogP contribution in [0.3, 0.4) is 0 Å². The number of carbonyl (C=O) groups is 1. The monoisotopic (exact) mass is 411 g/mol. The molecular formula is C18H17F4N5O2. The summed E-state index contributed by atoms with van der Waals surface area (Å²) in [6.45, 7) is 2.62. The predicted molar refractivity (Wildman–Crippen MR) is 95.5 cm³/mol. The molecule has 3 aromatic rings. The van der Waals surface area contributed by atoms with Gasteiger partial charge in [0.15, 0.2) is 5.69 Å². The van der Waals surface area contributed by atoms with Gasteiger partial charge in [0.05, 0.1) is 17.8 Å². The third-order valence-corrected chi connectivity index (χ3v) is 4.49. The number of benzene rings is 1. The summed E-state index contributed by atoms with van der Waals surface area (Å²) < 4.78 is 54.8. The van der Waals surface area contributed by atoms with Crippen molar-refractivity contribution in [2.24, 2.45) is 7.05 Å². The van der Waals surface area contributed by atoms with Crippen molar-refractivity contribution in [2.45, 2.75) is 32.6 Å². The summed E-state index contributed by atoms with van der Waals surface area (Å²) in [5.74, 6) is -1.09. The van der Waals surface area contributed by atoms with Gasteiger partial charge in [-0.15, -0.1) is 0 Å². The van der Waals surface area contributed by atoms with Crippen LogP contribution in [0.2, 0.25) is 0 Å². The van der Waals surface area contributed by atoms with Gasteiger partial charge < -0.3 is 5.32 Å². The third kappa shape index (κ3) is 3.98. The van der Waals surface area contributed by atoms with Crippen LogP contribution in [0.25, 0.3) is 10.9 Å². The van der Waals surface area contributed by atoms with Gasteiger partial charge in [0.1, 0.15) is 17.7 Å². The standard InChI is InChI=1S/C18H17F4N5O2/c1-9-4-5-11(6-12(9)19)10(2)24-14(28)8-27-17(29)15-13(7-23-27)26(3)25-16(15)18(20,21)22/h4-7,10H,8H2,1-3H3,(H,24,28)/t10-/m0/s1. The van der Waals surface area contributed by atoms with Crippen LogP contribution in [-0.4, -0.2) is 25.5 Å². The van der Waals surface area contributed by atoms with Gasteiger partial charge in [0.2, 0.25) is 5.91 Å². The molecule has 0 bridgehead atoms. The molecule has 0 spiro atoms. The second-order valence-electron chi connectivity index (χ2n) is 6.64. The summed E-state index contributed by atoms with van der Waals surface area (Å²) in [6.07, 6.45) is -3.78. The summed E-state index contributed by atoms with van der Waals surface area (Å²) in [6, 6.07) is 3.91. The fourth-order valence-electron chi connectivity index (χ4n) is 2.90. The van der Waals surface area contributed by atoms with Gasteiger partial charge in [0.25, 0.3) is 5.56 Å². The predicted octanol–water partition coefficient (Wildman–Crippen LogP) is 2.47. The van der Waals surface area contributed by atoms with Crippen LogP contribution < -0.4 is 10.9 Å². The van der Waals surface area contributed by atoms with Crippen molar-refractivity contribution in [3.63, 3.8) is 0 Å². The summed E-state index contributed by atoms with van der Waals surface area (Å²) in [5.41, 5.74) is -1.55. The quantitative estimate of drug-likeness (QED) is 0.669. The Morgan fingerprint density at radius 3 is 2.62 bits per heavy atom. The Morgan fingerprint density at radius 1 is 1.31 bits per heavy atom. The number of amides is 1. The first-order valence-corrected chi connectivity index (χ1v) is 8.54. The maximum absolute atomic E-state index is 13.7. The number of carbonyl (C=O) groups excluding carboxylic acids is 1. The number of rotatable bonds is 4. The Bertz CT molecular complexity index is 1150. The number of nitrogens with zero attached hydrogens (tertiary/aromatic N) is 4. The van der Waals surface area contributed by atoms with E-state index in [-0.39, 0.29) is 5.52 Å². The van der Waals surface area contributed by atoms with Crippen LogP contribution in [0, 0.1) is 12.7 Å². The second-order valence-corrected chi connectivity index (χ2v) is 6.64. The first-order valence-electron chi connectivity index (χ1n) is 8.54. The molecule has 1 N–H and O–H groups in total. The SMILES string of the molecule is Cc1ccc([C@H](C)NC(=O)Cn2ncc3c(c(C(F)(F)F)nn3C)c2=O)cc1F. The maximum atomic E-state index is 13.7. The van der Waals surface area contributed by atoms with Crippen LogP contribution >= 0.6 is 0 Å². The Morgan fingerprint density at radius 2 is 2.00 bits per heavy atom. The molecule has 0 aliphatic rings. The van der Waals surface area contributed by atoms with Crippen molar-refractivity contribution in [1.29, 1.82) is 0 Å². The van der Waals surface area contributed by atoms with E-state index in [0.717, 1.165) is 10.9 Å². The number of nitrogens with one attached hydrogen (secondary N) is 1. The number of halogens is 4. The van der Waals surface area contributed by atoms with Crippen LogP contribution in [0.4, 0.5) is 17.6 Å². The average Bonchev–Trinajstić information content (AvgIpc) is 2.97. The van der Waals surface area contributed by atoms with E-state index in [9.17, 15) is 27.2 Å². The molecule has 2 aromatic heterocycles. The van der Waals surface area contributed by atoms with E-state index in [1.165, 1.54) is 13.1 Å². The first-order chi connectivity index (χ1) is 13.5. The number of fused-ring (bicyclic) bond motifs is 1. The minimum atomic E-state index is -4.83. The van der Waals surface area contributed by atoms with Gasteiger partial charge in [-0.05, 0) is 31.0 Å². The molecule has 7 nitrogen and oxygen atoms in total. The zero-order valence-electron chi connectivity index (χ0n) is 15.7. The molecule has 11 heteroatoms. The number of aryl methyl sites for hydroxylation is 2. The van der Waals surface area contributed by atoms with Crippen molar-refractivity contribution >= 4 is 16.8 Å². The topological polar surface area (TPSA) is 81.8 Å². The molecule has 0 fully saturated rings. The van der Waals surface area contributed by atoms with Crippen LogP contribution in [0.1, 0.15) is 29.8 Å². The van der Waals surface area contributed by atoms with Crippen LogP contribution in [0.15, 0.2) is 29.2 Å². The highest BCUT2D eigenvalue weighted by Gasteiger charge is 2.38. The Hall–Kier alpha value is -3.24. The number of hydrogen-bond acceptors (Lipinski definition) is 4. The summed E-state index contributed by atoms with van der Waals surface area (Å²) in [7, 11) is 1.26. The highest BCUT2D eigenvalue weighted by molar-refractivity contribution is 5.81. The van der Waals surface area contributed by atoms with Crippen molar-refractivity contribution in [2.75, 3.05) is 0 Å². The molecule has 1 aromatic carbocycles. The van der Waals surface area contributed by atoms with E-state index in [0.29, 0.717) is 15.8 Å². The molecule has 3 rings (SSSR count). The molecule has 0 saturated carbocycles. The van der Waals surface area contributed by atoms with Gasteiger partial charge in [-0.25, -0.2) is 9.07 Å². The first kappa shape index (κ1) is 20.5. The number of hydrogen-bond donors (Lipinski definition) is 1. The van der Waals surface area contributed by atoms with E-state index in [1.54, 1.807) is 26.0 Å². The maximum Gasteiger partial charge on any atom is 0.435 e. The normalized spacial score (nSPS) is 12.9. The van der Waals surface area contributed by atoms with Gasteiger partial charge in [0, 0.05) is 7.05 Å². The molecule has 154 valence electrons. The lowest BCUT2D eigenvalue weighted by molar-refractivity contribution is -0.140. The van der Waals surface area contributed by atoms with E-state index >= 15 is 0 Å².